The lowest BCUT2D eigenvalue weighted by atomic mass is 10.1. The first-order chi connectivity index (χ1) is 47.9. The van der Waals surface area contributed by atoms with Gasteiger partial charge in [-0.1, -0.05) is 100 Å². The summed E-state index contributed by atoms with van der Waals surface area (Å²) >= 11 is 12.1. The Bertz CT molecular complexity index is 4900. The number of benzene rings is 8. The summed E-state index contributed by atoms with van der Waals surface area (Å²) in [6.07, 6.45) is 19.4. The topological polar surface area (TPSA) is 248 Å². The van der Waals surface area contributed by atoms with Gasteiger partial charge in [0.05, 0.1) is 70.2 Å². The van der Waals surface area contributed by atoms with Crippen LogP contribution in [0.4, 0.5) is 34.1 Å². The van der Waals surface area contributed by atoms with Gasteiger partial charge in [-0.25, -0.2) is 19.9 Å². The van der Waals surface area contributed by atoms with Gasteiger partial charge in [0.15, 0.2) is 5.75 Å². The van der Waals surface area contributed by atoms with E-state index in [4.69, 9.17) is 43.8 Å². The molecule has 0 aliphatic rings. The van der Waals surface area contributed by atoms with Gasteiger partial charge in [-0.2, -0.15) is 5.26 Å². The van der Waals surface area contributed by atoms with Crippen molar-refractivity contribution in [1.29, 1.82) is 5.26 Å². The molecule has 4 heterocycles. The molecule has 0 unspecified atom stereocenters. The van der Waals surface area contributed by atoms with E-state index in [0.29, 0.717) is 101 Å². The van der Waals surface area contributed by atoms with Crippen molar-refractivity contribution in [3.05, 3.63) is 322 Å². The van der Waals surface area contributed by atoms with Gasteiger partial charge < -0.3 is 40.4 Å². The molecule has 19 nitrogen and oxygen atoms in total. The molecular weight excluding hydrogens is 1290 g/mol. The first kappa shape index (κ1) is 70.3. The smallest absolute Gasteiger partial charge is 0.255 e. The fraction of sp³-hybridized carbons (Fsp3) is 0.0641. The van der Waals surface area contributed by atoms with Crippen LogP contribution in [0, 0.1) is 51.4 Å². The van der Waals surface area contributed by atoms with Crippen molar-refractivity contribution in [2.24, 2.45) is 0 Å². The predicted molar refractivity (Wildman–Crippen MR) is 386 cm³/mol. The second-order valence-electron chi connectivity index (χ2n) is 21.7. The van der Waals surface area contributed by atoms with E-state index >= 15 is 0 Å². The lowest BCUT2D eigenvalue weighted by Gasteiger charge is -2.20. The zero-order valence-corrected chi connectivity index (χ0v) is 55.5. The van der Waals surface area contributed by atoms with Gasteiger partial charge in [0.25, 0.3) is 23.6 Å². The highest BCUT2D eigenvalue weighted by Crippen LogP contribution is 2.32. The third-order valence-corrected chi connectivity index (χ3v) is 14.5. The molecule has 8 aromatic carbocycles. The Morgan fingerprint density at radius 3 is 1.45 bits per heavy atom. The van der Waals surface area contributed by atoms with Crippen molar-refractivity contribution in [3.8, 4) is 52.9 Å². The van der Waals surface area contributed by atoms with Gasteiger partial charge >= 0.3 is 0 Å². The molecule has 0 fully saturated rings. The highest BCUT2D eigenvalue weighted by atomic mass is 35.5. The number of hydrogen-bond acceptors (Lipinski definition) is 15. The molecule has 0 radical (unpaired) electrons. The number of ether oxygens (including phenoxy) is 3. The van der Waals surface area contributed by atoms with E-state index < -0.39 is 0 Å². The second kappa shape index (κ2) is 34.9. The highest BCUT2D eigenvalue weighted by molar-refractivity contribution is 6.34. The number of aryl methyl sites for hydroxylation is 4. The number of aromatic nitrogens is 6. The predicted octanol–water partition coefficient (Wildman–Crippen LogP) is 17.7. The molecule has 0 saturated carbocycles. The Morgan fingerprint density at radius 1 is 0.424 bits per heavy atom. The van der Waals surface area contributed by atoms with Gasteiger partial charge in [-0.3, -0.25) is 29.1 Å². The van der Waals surface area contributed by atoms with Crippen LogP contribution in [-0.4, -0.2) is 60.6 Å². The molecule has 99 heavy (non-hydrogen) atoms. The Labute approximate surface area is 582 Å². The van der Waals surface area contributed by atoms with Crippen molar-refractivity contribution >= 4 is 81.0 Å². The third-order valence-electron chi connectivity index (χ3n) is 13.9. The van der Waals surface area contributed by atoms with Crippen LogP contribution in [0.1, 0.15) is 74.9 Å². The summed E-state index contributed by atoms with van der Waals surface area (Å²) < 4.78 is 17.1. The first-order valence-electron chi connectivity index (χ1n) is 30.3. The summed E-state index contributed by atoms with van der Waals surface area (Å²) in [6, 6.07) is 61.1. The third kappa shape index (κ3) is 21.7. The zero-order chi connectivity index (χ0) is 70.0. The van der Waals surface area contributed by atoms with Crippen LogP contribution in [0.25, 0.3) is 0 Å². The summed E-state index contributed by atoms with van der Waals surface area (Å²) in [6.45, 7) is 7.78. The molecule has 490 valence electrons. The number of nitriles is 1. The van der Waals surface area contributed by atoms with Gasteiger partial charge in [-0.15, -0.1) is 6.42 Å². The maximum atomic E-state index is 12.5. The van der Waals surface area contributed by atoms with E-state index in [-0.39, 0.29) is 23.6 Å². The molecule has 0 aliphatic heterocycles. The number of carbonyl (C=O) groups excluding carboxylic acids is 4. The molecule has 12 aromatic rings. The molecule has 4 amide bonds. The van der Waals surface area contributed by atoms with Crippen LogP contribution >= 0.6 is 23.2 Å². The van der Waals surface area contributed by atoms with E-state index in [1.165, 1.54) is 31.2 Å². The average Bonchev–Trinajstić information content (AvgIpc) is 0.998. The minimum atomic E-state index is -0.341. The van der Waals surface area contributed by atoms with Gasteiger partial charge in [-0.05, 0) is 149 Å². The van der Waals surface area contributed by atoms with Crippen molar-refractivity contribution in [1.82, 2.24) is 29.9 Å². The second-order valence-corrected chi connectivity index (χ2v) is 22.6. The van der Waals surface area contributed by atoms with Crippen molar-refractivity contribution in [2.45, 2.75) is 27.7 Å². The van der Waals surface area contributed by atoms with Gasteiger partial charge in [0, 0.05) is 93.8 Å². The number of rotatable bonds is 16. The summed E-state index contributed by atoms with van der Waals surface area (Å²) in [5.74, 6) is 4.84. The van der Waals surface area contributed by atoms with E-state index in [0.717, 1.165) is 33.8 Å². The zero-order valence-electron chi connectivity index (χ0n) is 54.0. The number of nitrogens with one attached hydrogen (secondary N) is 4. The van der Waals surface area contributed by atoms with Crippen LogP contribution in [-0.2, 0) is 0 Å². The van der Waals surface area contributed by atoms with Crippen molar-refractivity contribution in [3.63, 3.8) is 0 Å². The summed E-state index contributed by atoms with van der Waals surface area (Å²) in [7, 11) is 1.90. The lowest BCUT2D eigenvalue weighted by Crippen LogP contribution is -2.14. The Hall–Kier alpha value is -13.1. The monoisotopic (exact) mass is 1350 g/mol. The number of pyridine rings is 2. The molecule has 12 rings (SSSR count). The normalized spacial score (nSPS) is 10.1. The maximum absolute atomic E-state index is 12.5. The molecular formula is C78H62Cl2N12O7. The van der Waals surface area contributed by atoms with E-state index in [2.05, 4.69) is 57.1 Å². The van der Waals surface area contributed by atoms with E-state index in [9.17, 15) is 24.4 Å². The number of terminal acetylenes is 1. The molecule has 0 bridgehead atoms. The highest BCUT2D eigenvalue weighted by Gasteiger charge is 2.15. The number of nitrogens with zero attached hydrogens (tertiary/aromatic N) is 8. The van der Waals surface area contributed by atoms with Gasteiger partial charge in [0.1, 0.15) is 41.4 Å². The van der Waals surface area contributed by atoms with Crippen LogP contribution in [0.3, 0.4) is 0 Å². The van der Waals surface area contributed by atoms with Gasteiger partial charge in [0.2, 0.25) is 0 Å². The number of amides is 4. The van der Waals surface area contributed by atoms with Crippen molar-refractivity contribution in [2.75, 3.05) is 33.2 Å². The maximum Gasteiger partial charge on any atom is 0.255 e. The molecule has 21 heteroatoms. The standard InChI is InChI=1S/C20H12N4O2.C20H18N2O2.C19H17ClN4O.C19H15ClN2O2/c1-2-14-4-3-5-16(6-14)20(25)24-17-7-15(10-21)8-18(9-17)26-19-11-22-13-23-12-19;1-14-5-3-6-16(11-14)20(23)22-17-7-4-8-18(12-17)24-19-10-9-15(2)21-13-19;1-13-4-3-5-14(8-13)19(25)23-18-9-15(6-7-17(18)20)24(2)16-10-21-12-22-11-16;1-13-4-2-5-14(8-13)19(23)22-16-6-3-7-17(10-16)24-18-9-15(20)11-21-12-18/h1,3-9,11-13H,(H,24,25);3-13H,1-2H3,(H,22,23);3-12H,1-2H3,(H,23,25);2-12H,1H3,(H,22,23). The molecule has 4 N–H and O–H groups in total. The summed E-state index contributed by atoms with van der Waals surface area (Å²) in [5, 5.41) is 21.5. The van der Waals surface area contributed by atoms with Crippen LogP contribution in [0.5, 0.6) is 34.5 Å². The quantitative estimate of drug-likeness (QED) is 0.0657. The van der Waals surface area contributed by atoms with Crippen LogP contribution in [0.2, 0.25) is 10.0 Å². The molecule has 0 aliphatic carbocycles. The summed E-state index contributed by atoms with van der Waals surface area (Å²) in [5.41, 5.74) is 11.2. The molecule has 4 aromatic heterocycles. The number of halogens is 2. The Balaban J connectivity index is 0.000000154. The largest absolute Gasteiger partial charge is 0.456 e. The first-order valence-corrected chi connectivity index (χ1v) is 31.1. The molecule has 0 atom stereocenters. The lowest BCUT2D eigenvalue weighted by molar-refractivity contribution is 0.101. The Kier molecular flexibility index (Phi) is 24.8. The van der Waals surface area contributed by atoms with Crippen molar-refractivity contribution < 1.29 is 33.4 Å². The minimum absolute atomic E-state index is 0.146. The van der Waals surface area contributed by atoms with Crippen LogP contribution < -0.4 is 40.4 Å². The number of hydrogen-bond donors (Lipinski definition) is 4. The average molecular weight is 1350 g/mol. The number of carbonyl (C=O) groups is 4. The van der Waals surface area contributed by atoms with E-state index in [1.807, 2.05) is 143 Å². The Morgan fingerprint density at radius 2 is 0.919 bits per heavy atom. The fourth-order valence-corrected chi connectivity index (χ4v) is 9.45. The fourth-order valence-electron chi connectivity index (χ4n) is 9.12. The molecule has 0 saturated heterocycles. The summed E-state index contributed by atoms with van der Waals surface area (Å²) in [4.78, 5) is 75.4. The molecule has 0 spiro atoms. The SMILES string of the molecule is C#Cc1cccc(C(=O)Nc2cc(C#N)cc(Oc3cncnc3)c2)c1.Cc1cccc(C(=O)Nc2cc(N(C)c3cncnc3)ccc2Cl)c1.Cc1cccc(C(=O)Nc2cccc(Oc3ccc(C)nc3)c2)c1.Cc1cccc(C(=O)Nc2cccc(Oc3cncc(Cl)c3)c2)c1. The van der Waals surface area contributed by atoms with E-state index in [1.54, 1.807) is 128 Å². The number of anilines is 6. The minimum Gasteiger partial charge on any atom is -0.456 e. The van der Waals surface area contributed by atoms with Crippen LogP contribution in [0.15, 0.2) is 256 Å².